The van der Waals surface area contributed by atoms with E-state index in [1.54, 1.807) is 36.4 Å². The van der Waals surface area contributed by atoms with Crippen molar-refractivity contribution in [3.8, 4) is 11.5 Å². The lowest BCUT2D eigenvalue weighted by molar-refractivity contribution is -0.120. The van der Waals surface area contributed by atoms with Crippen LogP contribution in [0.1, 0.15) is 0 Å². The fraction of sp³-hybridized carbons (Fsp3) is 0.0588. The van der Waals surface area contributed by atoms with E-state index in [1.165, 1.54) is 19.2 Å². The third kappa shape index (κ3) is 2.79. The number of aromatic hydroxyl groups is 1. The maximum Gasteiger partial charge on any atom is 0.283 e. The molecule has 0 saturated carbocycles. The molecule has 6 nitrogen and oxygen atoms in total. The maximum absolute atomic E-state index is 12.6. The number of rotatable bonds is 4. The Bertz CT molecular complexity index is 863. The highest BCUT2D eigenvalue weighted by atomic mass is 35.5. The lowest BCUT2D eigenvalue weighted by Crippen LogP contribution is -2.32. The first-order valence-electron chi connectivity index (χ1n) is 7.00. The van der Waals surface area contributed by atoms with Gasteiger partial charge in [0.05, 0.1) is 12.8 Å². The second-order valence-corrected chi connectivity index (χ2v) is 5.39. The molecule has 122 valence electrons. The molecule has 1 aliphatic rings. The van der Waals surface area contributed by atoms with Crippen LogP contribution in [0.2, 0.25) is 0 Å². The molecule has 7 heteroatoms. The van der Waals surface area contributed by atoms with Crippen LogP contribution < -0.4 is 15.0 Å². The quantitative estimate of drug-likeness (QED) is 0.834. The Morgan fingerprint density at radius 3 is 2.54 bits per heavy atom. The molecular formula is C17H13ClN2O4. The number of methoxy groups -OCH3 is 1. The zero-order chi connectivity index (χ0) is 17.3. The Labute approximate surface area is 142 Å². The number of carbonyl (C=O) groups excluding carboxylic acids is 2. The molecule has 1 aliphatic heterocycles. The average molecular weight is 345 g/mol. The van der Waals surface area contributed by atoms with E-state index in [4.69, 9.17) is 16.3 Å². The van der Waals surface area contributed by atoms with Crippen LogP contribution in [0.3, 0.4) is 0 Å². The van der Waals surface area contributed by atoms with Crippen LogP contribution in [0, 0.1) is 0 Å². The largest absolute Gasteiger partial charge is 0.508 e. The van der Waals surface area contributed by atoms with Crippen LogP contribution in [-0.4, -0.2) is 24.0 Å². The van der Waals surface area contributed by atoms with E-state index in [9.17, 15) is 14.7 Å². The molecule has 2 aromatic carbocycles. The fourth-order valence-electron chi connectivity index (χ4n) is 2.32. The van der Waals surface area contributed by atoms with Crippen LogP contribution in [0.15, 0.2) is 59.3 Å². The van der Waals surface area contributed by atoms with E-state index in [2.05, 4.69) is 5.32 Å². The van der Waals surface area contributed by atoms with Crippen molar-refractivity contribution in [1.82, 2.24) is 0 Å². The normalized spacial score (nSPS) is 14.3. The number of imide groups is 1. The minimum Gasteiger partial charge on any atom is -0.508 e. The molecule has 0 saturated heterocycles. The molecule has 2 N–H and O–H groups in total. The molecule has 0 unspecified atom stereocenters. The topological polar surface area (TPSA) is 78.9 Å². The summed E-state index contributed by atoms with van der Waals surface area (Å²) in [4.78, 5) is 25.9. The molecule has 0 aromatic heterocycles. The summed E-state index contributed by atoms with van der Waals surface area (Å²) in [6, 6.07) is 12.7. The van der Waals surface area contributed by atoms with Gasteiger partial charge in [-0.05, 0) is 24.3 Å². The number of phenolic OH excluding ortho intramolecular Hbond substituents is 1. The summed E-state index contributed by atoms with van der Waals surface area (Å²) >= 11 is 6.04. The van der Waals surface area contributed by atoms with Crippen molar-refractivity contribution < 1.29 is 19.4 Å². The fourth-order valence-corrected chi connectivity index (χ4v) is 2.54. The van der Waals surface area contributed by atoms with Crippen LogP contribution in [0.4, 0.5) is 11.4 Å². The van der Waals surface area contributed by atoms with E-state index in [0.717, 1.165) is 4.90 Å². The van der Waals surface area contributed by atoms with E-state index < -0.39 is 11.8 Å². The number of phenols is 1. The van der Waals surface area contributed by atoms with Crippen LogP contribution in [0.25, 0.3) is 0 Å². The first-order valence-corrected chi connectivity index (χ1v) is 7.37. The number of hydrogen-bond acceptors (Lipinski definition) is 5. The molecule has 1 heterocycles. The van der Waals surface area contributed by atoms with Crippen molar-refractivity contribution in [1.29, 1.82) is 0 Å². The number of nitrogens with zero attached hydrogens (tertiary/aromatic N) is 1. The summed E-state index contributed by atoms with van der Waals surface area (Å²) in [6.07, 6.45) is 0. The predicted molar refractivity (Wildman–Crippen MR) is 90.1 cm³/mol. The van der Waals surface area contributed by atoms with Crippen molar-refractivity contribution in [3.63, 3.8) is 0 Å². The summed E-state index contributed by atoms with van der Waals surface area (Å²) in [5.74, 6) is -0.670. The molecular weight excluding hydrogens is 332 g/mol. The van der Waals surface area contributed by atoms with Gasteiger partial charge in [-0.1, -0.05) is 23.7 Å². The van der Waals surface area contributed by atoms with Crippen molar-refractivity contribution in [2.45, 2.75) is 0 Å². The molecule has 0 atom stereocenters. The standard InChI is InChI=1S/C17H13ClN2O4/c1-24-13-7-3-5-11(9-13)20-16(22)14(18)15(17(20)23)19-10-4-2-6-12(21)8-10/h2-9,19,21H,1H3. The third-order valence-corrected chi connectivity index (χ3v) is 3.80. The zero-order valence-electron chi connectivity index (χ0n) is 12.6. The number of amides is 2. The molecule has 0 aliphatic carbocycles. The Kier molecular flexibility index (Phi) is 4.14. The molecule has 24 heavy (non-hydrogen) atoms. The van der Waals surface area contributed by atoms with Crippen molar-refractivity contribution in [2.75, 3.05) is 17.3 Å². The Balaban J connectivity index is 1.92. The van der Waals surface area contributed by atoms with Gasteiger partial charge in [0.15, 0.2) is 0 Å². The summed E-state index contributed by atoms with van der Waals surface area (Å²) in [7, 11) is 1.49. The second-order valence-electron chi connectivity index (χ2n) is 5.01. The maximum atomic E-state index is 12.6. The van der Waals surface area contributed by atoms with E-state index in [1.807, 2.05) is 0 Å². The van der Waals surface area contributed by atoms with Gasteiger partial charge >= 0.3 is 0 Å². The lowest BCUT2D eigenvalue weighted by Gasteiger charge is -2.15. The van der Waals surface area contributed by atoms with Gasteiger partial charge in [-0.3, -0.25) is 9.59 Å². The van der Waals surface area contributed by atoms with E-state index >= 15 is 0 Å². The Morgan fingerprint density at radius 2 is 1.83 bits per heavy atom. The van der Waals surface area contributed by atoms with Gasteiger partial charge in [-0.15, -0.1) is 0 Å². The van der Waals surface area contributed by atoms with Gasteiger partial charge in [0.1, 0.15) is 22.2 Å². The number of hydrogen-bond donors (Lipinski definition) is 2. The van der Waals surface area contributed by atoms with Gasteiger partial charge in [0.25, 0.3) is 11.8 Å². The zero-order valence-corrected chi connectivity index (χ0v) is 13.4. The number of nitrogens with one attached hydrogen (secondary N) is 1. The Hall–Kier alpha value is -2.99. The number of benzene rings is 2. The minimum absolute atomic E-state index is 0.0261. The van der Waals surface area contributed by atoms with Crippen molar-refractivity contribution in [3.05, 3.63) is 59.3 Å². The second kappa shape index (κ2) is 6.25. The number of ether oxygens (including phenoxy) is 1. The van der Waals surface area contributed by atoms with Gasteiger partial charge in [-0.2, -0.15) is 0 Å². The number of halogens is 1. The molecule has 0 fully saturated rings. The molecule has 3 rings (SSSR count). The summed E-state index contributed by atoms with van der Waals surface area (Å²) < 4.78 is 5.11. The highest BCUT2D eigenvalue weighted by Crippen LogP contribution is 2.32. The van der Waals surface area contributed by atoms with Gasteiger partial charge < -0.3 is 15.2 Å². The smallest absolute Gasteiger partial charge is 0.283 e. The van der Waals surface area contributed by atoms with Crippen LogP contribution in [0.5, 0.6) is 11.5 Å². The monoisotopic (exact) mass is 344 g/mol. The molecule has 0 radical (unpaired) electrons. The van der Waals surface area contributed by atoms with E-state index in [-0.39, 0.29) is 16.5 Å². The number of carbonyl (C=O) groups is 2. The highest BCUT2D eigenvalue weighted by Gasteiger charge is 2.39. The average Bonchev–Trinajstić information content (AvgIpc) is 2.78. The number of anilines is 2. The molecule has 2 amide bonds. The van der Waals surface area contributed by atoms with Crippen LogP contribution >= 0.6 is 11.6 Å². The van der Waals surface area contributed by atoms with Gasteiger partial charge in [0, 0.05) is 17.8 Å². The first-order chi connectivity index (χ1) is 11.5. The minimum atomic E-state index is -0.627. The first kappa shape index (κ1) is 15.9. The summed E-state index contributed by atoms with van der Waals surface area (Å²) in [5, 5.41) is 12.1. The van der Waals surface area contributed by atoms with Crippen LogP contribution in [-0.2, 0) is 9.59 Å². The van der Waals surface area contributed by atoms with Gasteiger partial charge in [0.2, 0.25) is 0 Å². The van der Waals surface area contributed by atoms with Crippen molar-refractivity contribution in [2.24, 2.45) is 0 Å². The molecule has 0 spiro atoms. The summed E-state index contributed by atoms with van der Waals surface area (Å²) in [5.41, 5.74) is 0.752. The Morgan fingerprint density at radius 1 is 1.08 bits per heavy atom. The predicted octanol–water partition coefficient (Wildman–Crippen LogP) is 2.84. The SMILES string of the molecule is COc1cccc(N2C(=O)C(Cl)=C(Nc3cccc(O)c3)C2=O)c1. The van der Waals surface area contributed by atoms with E-state index in [0.29, 0.717) is 17.1 Å². The van der Waals surface area contributed by atoms with Gasteiger partial charge in [-0.25, -0.2) is 4.90 Å². The van der Waals surface area contributed by atoms with Crippen molar-refractivity contribution >= 4 is 34.8 Å². The summed E-state index contributed by atoms with van der Waals surface area (Å²) in [6.45, 7) is 0. The lowest BCUT2D eigenvalue weighted by atomic mass is 10.2. The molecule has 2 aromatic rings. The third-order valence-electron chi connectivity index (χ3n) is 3.45. The highest BCUT2D eigenvalue weighted by molar-refractivity contribution is 6.53. The molecule has 0 bridgehead atoms.